The number of nitro groups is 1. The van der Waals surface area contributed by atoms with Gasteiger partial charge in [-0.15, -0.1) is 0 Å². The second-order valence-corrected chi connectivity index (χ2v) is 7.75. The van der Waals surface area contributed by atoms with E-state index in [1.54, 1.807) is 43.5 Å². The Kier molecular flexibility index (Phi) is 7.09. The van der Waals surface area contributed by atoms with Crippen LogP contribution in [0.25, 0.3) is 6.08 Å². The minimum atomic E-state index is -0.635. The van der Waals surface area contributed by atoms with Gasteiger partial charge in [0.15, 0.2) is 0 Å². The van der Waals surface area contributed by atoms with Crippen molar-refractivity contribution in [1.29, 1.82) is 0 Å². The second kappa shape index (κ2) is 9.76. The largest absolute Gasteiger partial charge is 0.496 e. The maximum atomic E-state index is 12.4. The normalized spacial score (nSPS) is 11.0. The molecule has 31 heavy (non-hydrogen) atoms. The van der Waals surface area contributed by atoms with Crippen molar-refractivity contribution in [3.8, 4) is 11.5 Å². The fraction of sp³-hybridized carbons (Fsp3) is 0.143. The number of rotatable bonds is 8. The predicted octanol–water partition coefficient (Wildman–Crippen LogP) is 5.23. The van der Waals surface area contributed by atoms with Crippen molar-refractivity contribution in [1.82, 2.24) is 9.78 Å². The molecule has 0 aliphatic carbocycles. The van der Waals surface area contributed by atoms with E-state index in [1.165, 1.54) is 24.0 Å². The lowest BCUT2D eigenvalue weighted by molar-refractivity contribution is -0.385. The number of methoxy groups -OCH3 is 1. The number of ether oxygens (including phenoxy) is 2. The predicted molar refractivity (Wildman–Crippen MR) is 120 cm³/mol. The van der Waals surface area contributed by atoms with E-state index < -0.39 is 10.7 Å². The van der Waals surface area contributed by atoms with E-state index in [2.05, 4.69) is 21.0 Å². The number of carbonyl (C=O) groups is 1. The highest BCUT2D eigenvalue weighted by Gasteiger charge is 2.23. The summed E-state index contributed by atoms with van der Waals surface area (Å²) in [6.45, 7) is 0.186. The van der Waals surface area contributed by atoms with E-state index in [9.17, 15) is 14.9 Å². The quantitative estimate of drug-likeness (QED) is 0.180. The molecular weight excluding hydrogens is 490 g/mol. The van der Waals surface area contributed by atoms with Crippen molar-refractivity contribution in [3.63, 3.8) is 0 Å². The Morgan fingerprint density at radius 2 is 2.03 bits per heavy atom. The molecule has 0 unspecified atom stereocenters. The second-order valence-electron chi connectivity index (χ2n) is 6.43. The zero-order valence-corrected chi connectivity index (χ0v) is 18.9. The summed E-state index contributed by atoms with van der Waals surface area (Å²) in [6.07, 6.45) is 3.99. The monoisotopic (exact) mass is 505 g/mol. The summed E-state index contributed by atoms with van der Waals surface area (Å²) in [6, 6.07) is 10.6. The molecule has 0 N–H and O–H groups in total. The van der Waals surface area contributed by atoms with Gasteiger partial charge < -0.3 is 9.47 Å². The lowest BCUT2D eigenvalue weighted by Crippen LogP contribution is -2.01. The molecule has 3 aromatic rings. The highest BCUT2D eigenvalue weighted by Crippen LogP contribution is 2.30. The van der Waals surface area contributed by atoms with Crippen LogP contribution in [0.2, 0.25) is 5.02 Å². The summed E-state index contributed by atoms with van der Waals surface area (Å²) in [5, 5.41) is 15.4. The fourth-order valence-corrected chi connectivity index (χ4v) is 3.53. The molecule has 0 spiro atoms. The number of allylic oxidation sites excluding steroid dienone is 1. The van der Waals surface area contributed by atoms with E-state index in [0.717, 1.165) is 10.0 Å². The zero-order valence-electron chi connectivity index (χ0n) is 16.5. The Morgan fingerprint density at radius 1 is 1.29 bits per heavy atom. The number of nitrogens with zero attached hydrogens (tertiary/aromatic N) is 3. The van der Waals surface area contributed by atoms with Gasteiger partial charge in [0.1, 0.15) is 24.3 Å². The summed E-state index contributed by atoms with van der Waals surface area (Å²) in [5.74, 6) is 0.560. The van der Waals surface area contributed by atoms with Crippen LogP contribution in [-0.4, -0.2) is 27.6 Å². The molecule has 0 fully saturated rings. The summed E-state index contributed by atoms with van der Waals surface area (Å²) in [5.41, 5.74) is 0.867. The van der Waals surface area contributed by atoms with Gasteiger partial charge in [-0.1, -0.05) is 39.7 Å². The molecule has 1 aromatic heterocycles. The van der Waals surface area contributed by atoms with Crippen LogP contribution in [0.3, 0.4) is 0 Å². The first-order valence-corrected chi connectivity index (χ1v) is 10.1. The number of aromatic nitrogens is 2. The molecule has 0 saturated carbocycles. The van der Waals surface area contributed by atoms with Gasteiger partial charge >= 0.3 is 5.69 Å². The lowest BCUT2D eigenvalue weighted by atomic mass is 10.1. The SMILES string of the molecule is COc1ccc(/C=C/C(=O)c2nn(C)cc2[N+](=O)[O-])cc1COc1ccc(Br)cc1Cl. The first kappa shape index (κ1) is 22.5. The minimum Gasteiger partial charge on any atom is -0.496 e. The van der Waals surface area contributed by atoms with Crippen LogP contribution in [0.4, 0.5) is 5.69 Å². The maximum absolute atomic E-state index is 12.4. The maximum Gasteiger partial charge on any atom is 0.318 e. The summed E-state index contributed by atoms with van der Waals surface area (Å²) >= 11 is 9.54. The van der Waals surface area contributed by atoms with Crippen molar-refractivity contribution in [2.75, 3.05) is 7.11 Å². The molecule has 0 aliphatic heterocycles. The van der Waals surface area contributed by atoms with Crippen molar-refractivity contribution < 1.29 is 19.2 Å². The van der Waals surface area contributed by atoms with Crippen LogP contribution in [0.15, 0.2) is 53.1 Å². The summed E-state index contributed by atoms with van der Waals surface area (Å²) < 4.78 is 13.3. The Morgan fingerprint density at radius 3 is 2.71 bits per heavy atom. The first-order chi connectivity index (χ1) is 14.8. The molecule has 2 aromatic carbocycles. The lowest BCUT2D eigenvalue weighted by Gasteiger charge is -2.12. The van der Waals surface area contributed by atoms with Gasteiger partial charge in [0.05, 0.1) is 17.1 Å². The molecule has 0 atom stereocenters. The van der Waals surface area contributed by atoms with Crippen molar-refractivity contribution >= 4 is 45.1 Å². The number of halogens is 2. The van der Waals surface area contributed by atoms with E-state index in [4.69, 9.17) is 21.1 Å². The van der Waals surface area contributed by atoms with Crippen LogP contribution in [-0.2, 0) is 13.7 Å². The molecular formula is C21H17BrClN3O5. The van der Waals surface area contributed by atoms with Crippen molar-refractivity contribution in [2.45, 2.75) is 6.61 Å². The van der Waals surface area contributed by atoms with Crippen molar-refractivity contribution in [2.24, 2.45) is 7.05 Å². The van der Waals surface area contributed by atoms with Crippen molar-refractivity contribution in [3.05, 3.63) is 85.1 Å². The zero-order chi connectivity index (χ0) is 22.5. The van der Waals surface area contributed by atoms with Gasteiger partial charge in [0.2, 0.25) is 11.5 Å². The molecule has 1 heterocycles. The molecule has 8 nitrogen and oxygen atoms in total. The number of ketones is 1. The number of aryl methyl sites for hydroxylation is 1. The molecule has 0 aliphatic rings. The van der Waals surface area contributed by atoms with Gasteiger partial charge in [-0.05, 0) is 42.0 Å². The number of benzene rings is 2. The molecule has 0 saturated heterocycles. The third-order valence-corrected chi connectivity index (χ3v) is 5.04. The molecule has 160 valence electrons. The molecule has 0 amide bonds. The Labute approximate surface area is 191 Å². The average molecular weight is 507 g/mol. The molecule has 10 heteroatoms. The van der Waals surface area contributed by atoms with E-state index in [1.807, 2.05) is 6.07 Å². The smallest absolute Gasteiger partial charge is 0.318 e. The van der Waals surface area contributed by atoms with E-state index in [0.29, 0.717) is 22.1 Å². The minimum absolute atomic E-state index is 0.186. The first-order valence-electron chi connectivity index (χ1n) is 8.93. The highest BCUT2D eigenvalue weighted by molar-refractivity contribution is 9.10. The standard InChI is InChI=1S/C21H17BrClN3O5/c1-25-11-17(26(28)29)21(24-25)18(27)6-3-13-4-7-19(30-2)14(9-13)12-31-20-8-5-15(22)10-16(20)23/h3-11H,12H2,1-2H3/b6-3+. The fourth-order valence-electron chi connectivity index (χ4n) is 2.80. The van der Waals surface area contributed by atoms with E-state index >= 15 is 0 Å². The van der Waals surface area contributed by atoms with Gasteiger partial charge in [0.25, 0.3) is 0 Å². The van der Waals surface area contributed by atoms with Crippen LogP contribution in [0.1, 0.15) is 21.6 Å². The Hall–Kier alpha value is -3.17. The van der Waals surface area contributed by atoms with Gasteiger partial charge in [-0.3, -0.25) is 19.6 Å². The topological polar surface area (TPSA) is 96.5 Å². The Balaban J connectivity index is 1.80. The average Bonchev–Trinajstić information content (AvgIpc) is 3.13. The van der Waals surface area contributed by atoms with Gasteiger partial charge in [-0.25, -0.2) is 0 Å². The van der Waals surface area contributed by atoms with Crippen LogP contribution >= 0.6 is 27.5 Å². The molecule has 0 radical (unpaired) electrons. The molecule has 3 rings (SSSR count). The number of hydrogen-bond donors (Lipinski definition) is 0. The third-order valence-electron chi connectivity index (χ3n) is 4.25. The van der Waals surface area contributed by atoms with Gasteiger partial charge in [0, 0.05) is 17.1 Å². The van der Waals surface area contributed by atoms with E-state index in [-0.39, 0.29) is 18.0 Å². The highest BCUT2D eigenvalue weighted by atomic mass is 79.9. The Bertz CT molecular complexity index is 1180. The molecule has 0 bridgehead atoms. The summed E-state index contributed by atoms with van der Waals surface area (Å²) in [7, 11) is 3.06. The van der Waals surface area contributed by atoms with Crippen LogP contribution in [0, 0.1) is 10.1 Å². The van der Waals surface area contributed by atoms with Crippen LogP contribution in [0.5, 0.6) is 11.5 Å². The van der Waals surface area contributed by atoms with Crippen LogP contribution < -0.4 is 9.47 Å². The number of carbonyl (C=O) groups excluding carboxylic acids is 1. The van der Waals surface area contributed by atoms with Gasteiger partial charge in [-0.2, -0.15) is 5.10 Å². The summed E-state index contributed by atoms with van der Waals surface area (Å²) in [4.78, 5) is 22.9. The number of hydrogen-bond acceptors (Lipinski definition) is 6. The third kappa shape index (κ3) is 5.50.